The van der Waals surface area contributed by atoms with Crippen LogP contribution in [0.5, 0.6) is 23.0 Å². The van der Waals surface area contributed by atoms with Gasteiger partial charge in [0.15, 0.2) is 29.1 Å². The third-order valence-corrected chi connectivity index (χ3v) is 5.80. The smallest absolute Gasteiger partial charge is 0.306 e. The number of benzene rings is 2. The molecule has 0 spiro atoms. The van der Waals surface area contributed by atoms with Crippen LogP contribution in [0.25, 0.3) is 6.08 Å². The number of hydrogen-bond donors (Lipinski definition) is 1. The molecule has 0 saturated heterocycles. The van der Waals surface area contributed by atoms with E-state index in [2.05, 4.69) is 0 Å². The zero-order chi connectivity index (χ0) is 29.7. The molecule has 0 saturated carbocycles. The second kappa shape index (κ2) is 16.4. The third-order valence-electron chi connectivity index (χ3n) is 5.80. The van der Waals surface area contributed by atoms with Gasteiger partial charge in [0.1, 0.15) is 19.3 Å². The van der Waals surface area contributed by atoms with Gasteiger partial charge >= 0.3 is 11.9 Å². The van der Waals surface area contributed by atoms with E-state index in [4.69, 9.17) is 28.4 Å². The van der Waals surface area contributed by atoms with Crippen molar-refractivity contribution in [2.75, 3.05) is 34.5 Å². The second-order valence-corrected chi connectivity index (χ2v) is 10.1. The lowest BCUT2D eigenvalue weighted by molar-refractivity contribution is -0.149. The Balaban J connectivity index is 2.27. The van der Waals surface area contributed by atoms with Crippen molar-refractivity contribution < 1.29 is 43.1 Å². The maximum atomic E-state index is 12.4. The van der Waals surface area contributed by atoms with Crippen LogP contribution in [-0.2, 0) is 23.8 Å². The first kappa shape index (κ1) is 32.5. The summed E-state index contributed by atoms with van der Waals surface area (Å²) in [5, 5.41) is 10.0. The Morgan fingerprint density at radius 3 is 2.08 bits per heavy atom. The molecular weight excluding hydrogens is 516 g/mol. The van der Waals surface area contributed by atoms with Crippen molar-refractivity contribution in [1.29, 1.82) is 0 Å². The number of methoxy groups -OCH3 is 3. The van der Waals surface area contributed by atoms with Gasteiger partial charge in [0.05, 0.1) is 14.2 Å². The molecule has 0 bridgehead atoms. The molecule has 0 aliphatic rings. The zero-order valence-electron chi connectivity index (χ0n) is 24.5. The van der Waals surface area contributed by atoms with Gasteiger partial charge in [0, 0.05) is 20.0 Å². The average molecular weight is 559 g/mol. The van der Waals surface area contributed by atoms with Crippen LogP contribution in [-0.4, -0.2) is 57.7 Å². The van der Waals surface area contributed by atoms with Crippen molar-refractivity contribution in [1.82, 2.24) is 0 Å². The molecule has 0 aliphatic carbocycles. The molecular formula is C31H42O9. The molecule has 0 heterocycles. The van der Waals surface area contributed by atoms with Gasteiger partial charge in [-0.25, -0.2) is 0 Å². The fourth-order valence-electron chi connectivity index (χ4n) is 3.89. The summed E-state index contributed by atoms with van der Waals surface area (Å²) in [6.07, 6.45) is 2.79. The molecule has 9 nitrogen and oxygen atoms in total. The summed E-state index contributed by atoms with van der Waals surface area (Å²) in [4.78, 5) is 24.1. The maximum absolute atomic E-state index is 12.4. The van der Waals surface area contributed by atoms with Crippen LogP contribution in [0.1, 0.15) is 57.8 Å². The number of phenolic OH excluding ortho intramolecular Hbond substituents is 1. The van der Waals surface area contributed by atoms with Crippen LogP contribution in [0.4, 0.5) is 0 Å². The fraction of sp³-hybridized carbons (Fsp3) is 0.484. The zero-order valence-corrected chi connectivity index (χ0v) is 24.5. The number of carbonyl (C=O) groups is 2. The molecule has 2 atom stereocenters. The summed E-state index contributed by atoms with van der Waals surface area (Å²) >= 11 is 0. The van der Waals surface area contributed by atoms with Crippen molar-refractivity contribution in [2.24, 2.45) is 11.8 Å². The number of carbonyl (C=O) groups excluding carboxylic acids is 2. The molecule has 2 unspecified atom stereocenters. The Hall–Kier alpha value is -3.72. The lowest BCUT2D eigenvalue weighted by Crippen LogP contribution is -2.33. The lowest BCUT2D eigenvalue weighted by Gasteiger charge is -2.28. The van der Waals surface area contributed by atoms with Crippen molar-refractivity contribution in [2.45, 2.75) is 52.7 Å². The highest BCUT2D eigenvalue weighted by Crippen LogP contribution is 2.35. The minimum atomic E-state index is -0.758. The quantitative estimate of drug-likeness (QED) is 0.258. The van der Waals surface area contributed by atoms with Crippen molar-refractivity contribution in [3.63, 3.8) is 0 Å². The minimum absolute atomic E-state index is 0.0121. The predicted octanol–water partition coefficient (Wildman–Crippen LogP) is 5.74. The van der Waals surface area contributed by atoms with Gasteiger partial charge in [-0.3, -0.25) is 9.59 Å². The minimum Gasteiger partial charge on any atom is -0.504 e. The SMILES string of the molecule is COc1cc(C(OC)C(COC(=O)CC(C)C)Oc2ccc(C=CCOC(=O)CC(C)C)cc2OC)ccc1O. The van der Waals surface area contributed by atoms with Crippen molar-refractivity contribution in [3.8, 4) is 23.0 Å². The highest BCUT2D eigenvalue weighted by Gasteiger charge is 2.29. The molecule has 0 fully saturated rings. The van der Waals surface area contributed by atoms with E-state index in [1.54, 1.807) is 30.3 Å². The van der Waals surface area contributed by atoms with E-state index in [0.717, 1.165) is 5.56 Å². The maximum Gasteiger partial charge on any atom is 0.306 e. The van der Waals surface area contributed by atoms with Crippen LogP contribution >= 0.6 is 0 Å². The number of hydrogen-bond acceptors (Lipinski definition) is 9. The third kappa shape index (κ3) is 10.4. The first-order chi connectivity index (χ1) is 19.1. The lowest BCUT2D eigenvalue weighted by atomic mass is 10.0. The monoisotopic (exact) mass is 558 g/mol. The predicted molar refractivity (Wildman–Crippen MR) is 152 cm³/mol. The van der Waals surface area contributed by atoms with Crippen LogP contribution in [0.2, 0.25) is 0 Å². The number of rotatable bonds is 16. The van der Waals surface area contributed by atoms with Crippen LogP contribution in [0, 0.1) is 11.8 Å². The molecule has 220 valence electrons. The summed E-state index contributed by atoms with van der Waals surface area (Å²) in [6.45, 7) is 7.88. The fourth-order valence-corrected chi connectivity index (χ4v) is 3.89. The number of phenols is 1. The van der Waals surface area contributed by atoms with Crippen molar-refractivity contribution in [3.05, 3.63) is 53.6 Å². The molecule has 40 heavy (non-hydrogen) atoms. The van der Waals surface area contributed by atoms with Crippen LogP contribution in [0.15, 0.2) is 42.5 Å². The summed E-state index contributed by atoms with van der Waals surface area (Å²) < 4.78 is 33.7. The van der Waals surface area contributed by atoms with Gasteiger partial charge < -0.3 is 33.5 Å². The molecule has 0 radical (unpaired) electrons. The van der Waals surface area contributed by atoms with Crippen LogP contribution < -0.4 is 14.2 Å². The highest BCUT2D eigenvalue weighted by atomic mass is 16.6. The molecule has 0 amide bonds. The molecule has 1 N–H and O–H groups in total. The molecule has 9 heteroatoms. The molecule has 2 rings (SSSR count). The van der Waals surface area contributed by atoms with E-state index in [-0.39, 0.29) is 54.9 Å². The van der Waals surface area contributed by atoms with E-state index < -0.39 is 12.2 Å². The Morgan fingerprint density at radius 2 is 1.48 bits per heavy atom. The van der Waals surface area contributed by atoms with Gasteiger partial charge in [-0.05, 0) is 53.3 Å². The standard InChI is InChI=1S/C31H42O9/c1-20(2)15-29(33)38-14-8-9-22-10-13-25(27(17-22)36-6)40-28(19-39-30(34)16-21(3)4)31(37-7)23-11-12-24(32)26(18-23)35-5/h8-13,17-18,20-21,28,31-32H,14-16,19H2,1-7H3. The van der Waals surface area contributed by atoms with Crippen LogP contribution in [0.3, 0.4) is 0 Å². The van der Waals surface area contributed by atoms with Gasteiger partial charge in [-0.2, -0.15) is 0 Å². The summed E-state index contributed by atoms with van der Waals surface area (Å²) in [5.41, 5.74) is 1.48. The largest absolute Gasteiger partial charge is 0.504 e. The number of aromatic hydroxyl groups is 1. The topological polar surface area (TPSA) is 110 Å². The van der Waals surface area contributed by atoms with Crippen molar-refractivity contribution >= 4 is 18.0 Å². The number of esters is 2. The normalized spacial score (nSPS) is 12.8. The van der Waals surface area contributed by atoms with Gasteiger partial charge in [-0.15, -0.1) is 0 Å². The molecule has 0 aliphatic heterocycles. The second-order valence-electron chi connectivity index (χ2n) is 10.1. The van der Waals surface area contributed by atoms with E-state index in [1.807, 2.05) is 39.8 Å². The highest BCUT2D eigenvalue weighted by molar-refractivity contribution is 5.70. The van der Waals surface area contributed by atoms with E-state index in [9.17, 15) is 14.7 Å². The Bertz CT molecular complexity index is 1120. The molecule has 2 aromatic rings. The van der Waals surface area contributed by atoms with E-state index in [0.29, 0.717) is 23.5 Å². The Kier molecular flexibility index (Phi) is 13.3. The van der Waals surface area contributed by atoms with Gasteiger partial charge in [0.2, 0.25) is 0 Å². The Labute approximate surface area is 237 Å². The first-order valence-corrected chi connectivity index (χ1v) is 13.3. The summed E-state index contributed by atoms with van der Waals surface area (Å²) in [6, 6.07) is 10.2. The summed E-state index contributed by atoms with van der Waals surface area (Å²) in [7, 11) is 4.51. The Morgan fingerprint density at radius 1 is 0.825 bits per heavy atom. The van der Waals surface area contributed by atoms with Gasteiger partial charge in [-0.1, -0.05) is 45.9 Å². The van der Waals surface area contributed by atoms with E-state index >= 15 is 0 Å². The number of ether oxygens (including phenoxy) is 6. The molecule has 2 aromatic carbocycles. The summed E-state index contributed by atoms with van der Waals surface area (Å²) in [5.74, 6) is 0.941. The average Bonchev–Trinajstić information content (AvgIpc) is 2.90. The molecule has 0 aromatic heterocycles. The van der Waals surface area contributed by atoms with Gasteiger partial charge in [0.25, 0.3) is 0 Å². The van der Waals surface area contributed by atoms with E-state index in [1.165, 1.54) is 27.4 Å². The first-order valence-electron chi connectivity index (χ1n) is 13.3.